The fourth-order valence-electron chi connectivity index (χ4n) is 1.48. The Kier molecular flexibility index (Phi) is 6.92. The molecule has 1 unspecified atom stereocenters. The van der Waals surface area contributed by atoms with Gasteiger partial charge in [0.1, 0.15) is 0 Å². The monoisotopic (exact) mass is 301 g/mol. The van der Waals surface area contributed by atoms with Crippen LogP contribution in [-0.4, -0.2) is 23.7 Å². The summed E-state index contributed by atoms with van der Waals surface area (Å²) in [6.07, 6.45) is 4.12. The van der Waals surface area contributed by atoms with Crippen LogP contribution in [0.4, 0.5) is 0 Å². The Morgan fingerprint density at radius 1 is 1.47 bits per heavy atom. The molecular weight excluding hydrogens is 285 g/mol. The Hall–Kier alpha value is -1.03. The Morgan fingerprint density at radius 2 is 2.21 bits per heavy atom. The number of hydrogen-bond acceptors (Lipinski definition) is 2. The highest BCUT2D eigenvalue weighted by atomic mass is 35.5. The highest BCUT2D eigenvalue weighted by Gasteiger charge is 2.02. The molecule has 1 aromatic rings. The highest BCUT2D eigenvalue weighted by molar-refractivity contribution is 6.42. The lowest BCUT2D eigenvalue weighted by molar-refractivity contribution is -0.116. The molecule has 0 aliphatic rings. The molecule has 0 aromatic heterocycles. The number of hydrogen-bond donors (Lipinski definition) is 2. The zero-order chi connectivity index (χ0) is 14.3. The molecule has 1 atom stereocenters. The number of amides is 1. The molecule has 2 N–H and O–H groups in total. The molecule has 0 saturated carbocycles. The van der Waals surface area contributed by atoms with E-state index in [0.29, 0.717) is 28.6 Å². The molecule has 1 aromatic carbocycles. The SMILES string of the molecule is CC(O)CCCNC(=O)/C=C/c1cccc(Cl)c1Cl. The van der Waals surface area contributed by atoms with Crippen molar-refractivity contribution in [3.8, 4) is 0 Å². The maximum Gasteiger partial charge on any atom is 0.243 e. The van der Waals surface area contributed by atoms with Gasteiger partial charge in [0.15, 0.2) is 0 Å². The maximum atomic E-state index is 11.5. The molecule has 19 heavy (non-hydrogen) atoms. The number of nitrogens with one attached hydrogen (secondary N) is 1. The first-order valence-electron chi connectivity index (χ1n) is 6.08. The number of carbonyl (C=O) groups is 1. The quantitative estimate of drug-likeness (QED) is 0.626. The van der Waals surface area contributed by atoms with Gasteiger partial charge in [-0.15, -0.1) is 0 Å². The number of benzene rings is 1. The van der Waals surface area contributed by atoms with E-state index in [0.717, 1.165) is 6.42 Å². The normalized spacial score (nSPS) is 12.6. The second kappa shape index (κ2) is 8.20. The van der Waals surface area contributed by atoms with Crippen molar-refractivity contribution in [1.82, 2.24) is 5.32 Å². The minimum absolute atomic E-state index is 0.193. The lowest BCUT2D eigenvalue weighted by atomic mass is 10.2. The molecule has 104 valence electrons. The predicted octanol–water partition coefficient (Wildman–Crippen LogP) is 3.28. The summed E-state index contributed by atoms with van der Waals surface area (Å²) in [6.45, 7) is 2.26. The molecule has 0 aliphatic heterocycles. The zero-order valence-corrected chi connectivity index (χ0v) is 12.2. The van der Waals surface area contributed by atoms with Crippen LogP contribution in [0.1, 0.15) is 25.3 Å². The second-order valence-electron chi connectivity index (χ2n) is 4.26. The average Bonchev–Trinajstić information content (AvgIpc) is 2.36. The van der Waals surface area contributed by atoms with Gasteiger partial charge in [0.05, 0.1) is 16.1 Å². The van der Waals surface area contributed by atoms with Crippen LogP contribution in [0.5, 0.6) is 0 Å². The van der Waals surface area contributed by atoms with Gasteiger partial charge in [0, 0.05) is 12.6 Å². The van der Waals surface area contributed by atoms with Crippen molar-refractivity contribution >= 4 is 35.2 Å². The first-order chi connectivity index (χ1) is 9.00. The molecule has 0 heterocycles. The molecule has 1 rings (SSSR count). The standard InChI is InChI=1S/C14H17Cl2NO2/c1-10(18)4-3-9-17-13(19)8-7-11-5-2-6-12(15)14(11)16/h2,5-8,10,18H,3-4,9H2,1H3,(H,17,19)/b8-7+. The van der Waals surface area contributed by atoms with E-state index < -0.39 is 0 Å². The van der Waals surface area contributed by atoms with Crippen LogP contribution in [0.2, 0.25) is 10.0 Å². The summed E-state index contributed by atoms with van der Waals surface area (Å²) < 4.78 is 0. The van der Waals surface area contributed by atoms with E-state index >= 15 is 0 Å². The van der Waals surface area contributed by atoms with Crippen molar-refractivity contribution in [2.24, 2.45) is 0 Å². The smallest absolute Gasteiger partial charge is 0.243 e. The predicted molar refractivity (Wildman–Crippen MR) is 79.4 cm³/mol. The number of rotatable bonds is 6. The second-order valence-corrected chi connectivity index (χ2v) is 5.04. The summed E-state index contributed by atoms with van der Waals surface area (Å²) in [5.41, 5.74) is 0.702. The Balaban J connectivity index is 2.43. The van der Waals surface area contributed by atoms with Crippen molar-refractivity contribution in [3.63, 3.8) is 0 Å². The molecular formula is C14H17Cl2NO2. The van der Waals surface area contributed by atoms with Gasteiger partial charge in [-0.1, -0.05) is 35.3 Å². The van der Waals surface area contributed by atoms with Crippen molar-refractivity contribution in [2.45, 2.75) is 25.9 Å². The maximum absolute atomic E-state index is 11.5. The first kappa shape index (κ1) is 16.0. The van der Waals surface area contributed by atoms with E-state index in [4.69, 9.17) is 28.3 Å². The largest absolute Gasteiger partial charge is 0.393 e. The third-order valence-electron chi connectivity index (χ3n) is 2.49. The van der Waals surface area contributed by atoms with Crippen LogP contribution >= 0.6 is 23.2 Å². The molecule has 0 bridgehead atoms. The van der Waals surface area contributed by atoms with E-state index in [1.54, 1.807) is 31.2 Å². The van der Waals surface area contributed by atoms with Gasteiger partial charge in [-0.25, -0.2) is 0 Å². The average molecular weight is 302 g/mol. The number of carbonyl (C=O) groups excluding carboxylic acids is 1. The molecule has 0 saturated heterocycles. The minimum Gasteiger partial charge on any atom is -0.393 e. The summed E-state index contributed by atoms with van der Waals surface area (Å²) in [6, 6.07) is 5.25. The number of aliphatic hydroxyl groups is 1. The minimum atomic E-state index is -0.335. The van der Waals surface area contributed by atoms with Crippen LogP contribution in [0, 0.1) is 0 Å². The van der Waals surface area contributed by atoms with Crippen LogP contribution in [0.25, 0.3) is 6.08 Å². The Labute approximate surface area is 123 Å². The summed E-state index contributed by atoms with van der Waals surface area (Å²) in [7, 11) is 0. The summed E-state index contributed by atoms with van der Waals surface area (Å²) >= 11 is 11.9. The molecule has 3 nitrogen and oxygen atoms in total. The van der Waals surface area contributed by atoms with Crippen LogP contribution < -0.4 is 5.32 Å². The molecule has 5 heteroatoms. The summed E-state index contributed by atoms with van der Waals surface area (Å²) in [4.78, 5) is 11.5. The molecule has 0 aliphatic carbocycles. The summed E-state index contributed by atoms with van der Waals surface area (Å²) in [5, 5.41) is 12.7. The van der Waals surface area contributed by atoms with E-state index in [2.05, 4.69) is 5.32 Å². The van der Waals surface area contributed by atoms with E-state index in [1.807, 2.05) is 0 Å². The Morgan fingerprint density at radius 3 is 2.89 bits per heavy atom. The van der Waals surface area contributed by atoms with Gasteiger partial charge in [-0.3, -0.25) is 4.79 Å². The third kappa shape index (κ3) is 6.10. The zero-order valence-electron chi connectivity index (χ0n) is 10.7. The highest BCUT2D eigenvalue weighted by Crippen LogP contribution is 2.26. The topological polar surface area (TPSA) is 49.3 Å². The fourth-order valence-corrected chi connectivity index (χ4v) is 1.85. The van der Waals surface area contributed by atoms with Gasteiger partial charge in [-0.2, -0.15) is 0 Å². The third-order valence-corrected chi connectivity index (χ3v) is 3.33. The van der Waals surface area contributed by atoms with E-state index in [9.17, 15) is 4.79 Å². The van der Waals surface area contributed by atoms with Crippen molar-refractivity contribution < 1.29 is 9.90 Å². The van der Waals surface area contributed by atoms with Crippen LogP contribution in [0.3, 0.4) is 0 Å². The molecule has 0 fully saturated rings. The number of halogens is 2. The van der Waals surface area contributed by atoms with E-state index in [1.165, 1.54) is 6.08 Å². The van der Waals surface area contributed by atoms with Gasteiger partial charge in [0.25, 0.3) is 0 Å². The van der Waals surface area contributed by atoms with Gasteiger partial charge >= 0.3 is 0 Å². The fraction of sp³-hybridized carbons (Fsp3) is 0.357. The van der Waals surface area contributed by atoms with Gasteiger partial charge < -0.3 is 10.4 Å². The van der Waals surface area contributed by atoms with Crippen molar-refractivity contribution in [3.05, 3.63) is 39.9 Å². The Bertz CT molecular complexity index is 459. The first-order valence-corrected chi connectivity index (χ1v) is 6.84. The van der Waals surface area contributed by atoms with Crippen molar-refractivity contribution in [1.29, 1.82) is 0 Å². The van der Waals surface area contributed by atoms with Crippen LogP contribution in [0.15, 0.2) is 24.3 Å². The van der Waals surface area contributed by atoms with Gasteiger partial charge in [0.2, 0.25) is 5.91 Å². The lowest BCUT2D eigenvalue weighted by Crippen LogP contribution is -2.22. The summed E-state index contributed by atoms with van der Waals surface area (Å²) in [5.74, 6) is -0.193. The molecule has 0 radical (unpaired) electrons. The number of aliphatic hydroxyl groups excluding tert-OH is 1. The van der Waals surface area contributed by atoms with Gasteiger partial charge in [-0.05, 0) is 37.5 Å². The van der Waals surface area contributed by atoms with Crippen LogP contribution in [-0.2, 0) is 4.79 Å². The lowest BCUT2D eigenvalue weighted by Gasteiger charge is -2.04. The molecule has 0 spiro atoms. The molecule has 1 amide bonds. The van der Waals surface area contributed by atoms with Crippen molar-refractivity contribution in [2.75, 3.05) is 6.54 Å². The van der Waals surface area contributed by atoms with E-state index in [-0.39, 0.29) is 12.0 Å².